The molecule has 2 saturated carbocycles. The van der Waals surface area contributed by atoms with Crippen LogP contribution in [0.5, 0.6) is 5.19 Å². The van der Waals surface area contributed by atoms with Gasteiger partial charge in [0.1, 0.15) is 12.1 Å². The van der Waals surface area contributed by atoms with E-state index in [4.69, 9.17) is 4.74 Å². The smallest absolute Gasteiger partial charge is 0.540 e. The molecule has 1 radical (unpaired) electrons. The summed E-state index contributed by atoms with van der Waals surface area (Å²) in [6, 6.07) is 10.6. The molecule has 10 nitrogen and oxygen atoms in total. The Morgan fingerprint density at radius 2 is 1.84 bits per heavy atom. The molecule has 3 aromatic rings. The van der Waals surface area contributed by atoms with Crippen molar-refractivity contribution in [1.29, 1.82) is 0 Å². The summed E-state index contributed by atoms with van der Waals surface area (Å²) in [5.41, 5.74) is -0.506. The predicted molar refractivity (Wildman–Crippen MR) is 180 cm³/mol. The minimum atomic E-state index is -4.50. The molecule has 50 heavy (non-hydrogen) atoms. The number of carbonyl (C=O) groups excluding carboxylic acids is 3. The first-order valence-electron chi connectivity index (χ1n) is 16.1. The second kappa shape index (κ2) is 15.5. The molecule has 1 saturated heterocycles. The number of sulfonamides is 1. The van der Waals surface area contributed by atoms with E-state index >= 15 is 0 Å². The van der Waals surface area contributed by atoms with Crippen LogP contribution in [0.4, 0.5) is 18.9 Å². The van der Waals surface area contributed by atoms with Crippen molar-refractivity contribution < 1.29 is 57.8 Å². The Morgan fingerprint density at radius 1 is 1.14 bits per heavy atom. The Kier molecular flexibility index (Phi) is 12.2. The molecule has 1 aromatic heterocycles. The number of halogens is 3. The van der Waals surface area contributed by atoms with Gasteiger partial charge in [-0.15, -0.1) is 0 Å². The van der Waals surface area contributed by atoms with Crippen LogP contribution >= 0.6 is 11.3 Å². The summed E-state index contributed by atoms with van der Waals surface area (Å²) >= 11 is 1.38. The Bertz CT molecular complexity index is 1760. The molecule has 1 aliphatic heterocycles. The Morgan fingerprint density at radius 3 is 2.42 bits per heavy atom. The van der Waals surface area contributed by atoms with Gasteiger partial charge in [-0.25, -0.2) is 19.7 Å². The van der Waals surface area contributed by atoms with Gasteiger partial charge in [-0.2, -0.15) is 25.5 Å². The van der Waals surface area contributed by atoms with Crippen molar-refractivity contribution in [3.05, 3.63) is 60.0 Å². The number of thiazole rings is 1. The van der Waals surface area contributed by atoms with Crippen LogP contribution in [0, 0.1) is 17.3 Å². The number of aromatic nitrogens is 1. The minimum absolute atomic E-state index is 0. The van der Waals surface area contributed by atoms with Gasteiger partial charge in [-0.1, -0.05) is 69.7 Å². The van der Waals surface area contributed by atoms with E-state index in [-0.39, 0.29) is 46.9 Å². The van der Waals surface area contributed by atoms with Crippen molar-refractivity contribution in [1.82, 2.24) is 14.6 Å². The van der Waals surface area contributed by atoms with Gasteiger partial charge in [0, 0.05) is 5.69 Å². The topological polar surface area (TPSA) is 135 Å². The third-order valence-electron chi connectivity index (χ3n) is 8.62. The fourth-order valence-electron chi connectivity index (χ4n) is 5.58. The number of hydrogen-bond donors (Lipinski definition) is 2. The number of nitrogens with zero attached hydrogens (tertiary/aromatic N) is 2. The molecular weight excluding hydrogens is 736 g/mol. The van der Waals surface area contributed by atoms with Crippen LogP contribution < -0.4 is 14.8 Å². The van der Waals surface area contributed by atoms with Gasteiger partial charge in [0.15, 0.2) is 0 Å². The maximum atomic E-state index is 13.6. The van der Waals surface area contributed by atoms with Gasteiger partial charge in [-0.05, 0) is 55.0 Å². The quantitative estimate of drug-likeness (QED) is 0.192. The van der Waals surface area contributed by atoms with E-state index in [1.807, 2.05) is 37.5 Å². The Hall–Kier alpha value is -3.33. The number of ether oxygens (including phenoxy) is 1. The fraction of sp³-hybridized carbons (Fsp3) is 0.500. The number of nitrogens with one attached hydrogen (secondary N) is 2. The first kappa shape index (κ1) is 39.5. The maximum Gasteiger partial charge on any atom is 2.00 e. The second-order valence-electron chi connectivity index (χ2n) is 13.6. The Labute approximate surface area is 304 Å². The molecular formula is C34H39F3MnN4O6S2. The molecule has 1 unspecified atom stereocenters. The third kappa shape index (κ3) is 9.71. The zero-order valence-corrected chi connectivity index (χ0v) is 30.7. The SMILES string of the molecule is CC(C)(C)C(Nc1cccc(C(F)(F)F)c1)C(=O)N1C[C@H](Oc2nc3ccccc3s2)C[C@H]1[C-]=O.CC[C@@H]1C[C-]1C(=O)NS(=O)(=O)C1CC1.[Mn+2]. The zero-order valence-electron chi connectivity index (χ0n) is 27.9. The van der Waals surface area contributed by atoms with Gasteiger partial charge in [0.25, 0.3) is 5.19 Å². The van der Waals surface area contributed by atoms with Crippen LogP contribution in [0.15, 0.2) is 48.5 Å². The first-order chi connectivity index (χ1) is 23.0. The van der Waals surface area contributed by atoms with Crippen LogP contribution in [0.3, 0.4) is 0 Å². The van der Waals surface area contributed by atoms with E-state index in [9.17, 15) is 36.0 Å². The van der Waals surface area contributed by atoms with Crippen molar-refractivity contribution in [2.75, 3.05) is 11.9 Å². The summed E-state index contributed by atoms with van der Waals surface area (Å²) in [5, 5.41) is 3.10. The molecule has 2 aromatic carbocycles. The summed E-state index contributed by atoms with van der Waals surface area (Å²) in [4.78, 5) is 42.5. The molecule has 3 aliphatic rings. The minimum Gasteiger partial charge on any atom is -0.540 e. The largest absolute Gasteiger partial charge is 2.00 e. The third-order valence-corrected chi connectivity index (χ3v) is 11.4. The zero-order chi connectivity index (χ0) is 35.7. The summed E-state index contributed by atoms with van der Waals surface area (Å²) in [6.07, 6.45) is 0.281. The number of likely N-dealkylation sites (tertiary alicyclic amines) is 1. The normalized spacial score (nSPS) is 21.0. The van der Waals surface area contributed by atoms with E-state index in [2.05, 4.69) is 15.0 Å². The van der Waals surface area contributed by atoms with Crippen molar-refractivity contribution in [2.24, 2.45) is 11.3 Å². The van der Waals surface area contributed by atoms with E-state index in [0.29, 0.717) is 24.0 Å². The van der Waals surface area contributed by atoms with Gasteiger partial charge in [0.05, 0.1) is 33.5 Å². The van der Waals surface area contributed by atoms with Gasteiger partial charge in [-0.3, -0.25) is 15.4 Å². The number of benzene rings is 2. The molecule has 0 spiro atoms. The maximum absolute atomic E-state index is 13.6. The summed E-state index contributed by atoms with van der Waals surface area (Å²) in [5.74, 6) is 0.295. The average molecular weight is 776 g/mol. The number of amides is 2. The van der Waals surface area contributed by atoms with Gasteiger partial charge >= 0.3 is 23.2 Å². The number of alkyl halides is 3. The van der Waals surface area contributed by atoms with Crippen LogP contribution in [-0.2, 0) is 47.7 Å². The molecule has 6 rings (SSSR count). The van der Waals surface area contributed by atoms with Crippen molar-refractivity contribution in [3.8, 4) is 5.19 Å². The van der Waals surface area contributed by atoms with Crippen LogP contribution in [-0.4, -0.2) is 66.4 Å². The number of anilines is 1. The van der Waals surface area contributed by atoms with Gasteiger partial charge < -0.3 is 24.5 Å². The molecule has 3 fully saturated rings. The number of para-hydroxylation sites is 1. The van der Waals surface area contributed by atoms with E-state index < -0.39 is 51.3 Å². The molecule has 2 amide bonds. The molecule has 271 valence electrons. The summed E-state index contributed by atoms with van der Waals surface area (Å²) in [7, 11) is -3.34. The predicted octanol–water partition coefficient (Wildman–Crippen LogP) is 5.90. The number of rotatable bonds is 10. The van der Waals surface area contributed by atoms with Crippen molar-refractivity contribution >= 4 is 55.4 Å². The molecule has 2 N–H and O–H groups in total. The van der Waals surface area contributed by atoms with E-state index in [1.165, 1.54) is 28.4 Å². The standard InChI is InChI=1S/C25H25F3N3O3S.C9H14NO3S.Mn/c1-24(2,3)21(29-16-8-6-7-15(11-16)25(26,27)28)22(33)31-13-18(12-17(31)14-32)34-23-30-19-9-4-5-10-20(19)35-23;1-2-6-5-8(6)9(11)10-14(12,13)7-3-4-7;/h4-11,17-18,21,29H,12-13H2,1-3H3;6-7H,2-5H2,1H3,(H,10,11);/q2*-1;+2/t17-,18+,21?;6-;/m01./s1. The Balaban J connectivity index is 0.000000313. The van der Waals surface area contributed by atoms with Crippen LogP contribution in [0.25, 0.3) is 10.2 Å². The fourth-order valence-corrected chi connectivity index (χ4v) is 7.77. The molecule has 0 bridgehead atoms. The summed E-state index contributed by atoms with van der Waals surface area (Å²) < 4.78 is 71.4. The molecule has 2 heterocycles. The van der Waals surface area contributed by atoms with Gasteiger partial charge in [0.2, 0.25) is 15.9 Å². The van der Waals surface area contributed by atoms with E-state index in [1.54, 1.807) is 20.8 Å². The monoisotopic (exact) mass is 775 g/mol. The average Bonchev–Trinajstić information content (AvgIpc) is 3.96. The van der Waals surface area contributed by atoms with E-state index in [0.717, 1.165) is 41.1 Å². The number of hydrogen-bond acceptors (Lipinski definition) is 9. The van der Waals surface area contributed by atoms with Crippen molar-refractivity contribution in [2.45, 2.75) is 89.4 Å². The molecule has 2 aliphatic carbocycles. The van der Waals surface area contributed by atoms with Crippen LogP contribution in [0.2, 0.25) is 0 Å². The number of carbonyl (C=O) groups is 2. The van der Waals surface area contributed by atoms with Crippen molar-refractivity contribution in [3.63, 3.8) is 0 Å². The molecule has 16 heteroatoms. The van der Waals surface area contributed by atoms with Crippen LogP contribution in [0.1, 0.15) is 65.4 Å². The second-order valence-corrected chi connectivity index (χ2v) is 16.5. The summed E-state index contributed by atoms with van der Waals surface area (Å²) in [6.45, 7) is 7.56. The number of fused-ring (bicyclic) bond motifs is 1. The first-order valence-corrected chi connectivity index (χ1v) is 18.4. The molecule has 4 atom stereocenters.